The number of nitrogens with zero attached hydrogens (tertiary/aromatic N) is 1. The van der Waals surface area contributed by atoms with Gasteiger partial charge < -0.3 is 9.84 Å². The van der Waals surface area contributed by atoms with E-state index in [9.17, 15) is 4.79 Å². The third-order valence-corrected chi connectivity index (χ3v) is 3.40. The number of carboxylic acids is 1. The van der Waals surface area contributed by atoms with Crippen molar-refractivity contribution >= 4 is 16.9 Å². The lowest BCUT2D eigenvalue weighted by molar-refractivity contribution is 0.0690. The summed E-state index contributed by atoms with van der Waals surface area (Å²) < 4.78 is 5.79. The molecule has 1 aromatic carbocycles. The number of aromatic carboxylic acids is 1. The molecule has 21 heavy (non-hydrogen) atoms. The highest BCUT2D eigenvalue weighted by molar-refractivity contribution is 5.93. The molecule has 2 rings (SSSR count). The molecule has 1 N–H and O–H groups in total. The molecule has 4 heteroatoms. The summed E-state index contributed by atoms with van der Waals surface area (Å²) in [5.41, 5.74) is 0.674. The van der Waals surface area contributed by atoms with Crippen LogP contribution in [0, 0.1) is 0 Å². The Balaban J connectivity index is 2.08. The summed E-state index contributed by atoms with van der Waals surface area (Å²) in [4.78, 5) is 15.3. The van der Waals surface area contributed by atoms with E-state index in [0.29, 0.717) is 17.9 Å². The van der Waals surface area contributed by atoms with Crippen LogP contribution < -0.4 is 4.74 Å². The van der Waals surface area contributed by atoms with Crippen molar-refractivity contribution in [3.05, 3.63) is 36.0 Å². The highest BCUT2D eigenvalue weighted by atomic mass is 16.5. The van der Waals surface area contributed by atoms with E-state index in [1.165, 1.54) is 25.3 Å². The largest absolute Gasteiger partial charge is 0.493 e. The number of aromatic nitrogens is 1. The van der Waals surface area contributed by atoms with Gasteiger partial charge in [0, 0.05) is 11.5 Å². The molecule has 1 heterocycles. The van der Waals surface area contributed by atoms with Crippen LogP contribution in [0.1, 0.15) is 49.5 Å². The van der Waals surface area contributed by atoms with Crippen LogP contribution in [0.4, 0.5) is 0 Å². The highest BCUT2D eigenvalue weighted by Crippen LogP contribution is 2.25. The maximum Gasteiger partial charge on any atom is 0.354 e. The number of benzene rings is 1. The Morgan fingerprint density at radius 3 is 2.71 bits per heavy atom. The number of pyridine rings is 1. The molecule has 0 aliphatic rings. The minimum atomic E-state index is -1.03. The van der Waals surface area contributed by atoms with Crippen molar-refractivity contribution < 1.29 is 14.6 Å². The van der Waals surface area contributed by atoms with Crippen LogP contribution in [-0.4, -0.2) is 22.7 Å². The van der Waals surface area contributed by atoms with E-state index in [0.717, 1.165) is 18.2 Å². The number of unbranched alkanes of at least 4 members (excludes halogenated alkanes) is 4. The molecule has 1 aromatic heterocycles. The monoisotopic (exact) mass is 287 g/mol. The molecular weight excluding hydrogens is 266 g/mol. The van der Waals surface area contributed by atoms with E-state index in [1.807, 2.05) is 18.2 Å². The van der Waals surface area contributed by atoms with Crippen molar-refractivity contribution in [1.29, 1.82) is 0 Å². The fourth-order valence-electron chi connectivity index (χ4n) is 2.26. The summed E-state index contributed by atoms with van der Waals surface area (Å²) in [7, 11) is 0. The maximum absolute atomic E-state index is 11.1. The standard InChI is InChI=1S/C17H21NO3/c1-2-3-4-5-8-11-21-16-12-15(17(19)20)18-14-10-7-6-9-13(14)16/h6-7,9-10,12H,2-5,8,11H2,1H3,(H,19,20). The summed E-state index contributed by atoms with van der Waals surface area (Å²) in [6.07, 6.45) is 5.82. The number of carboxylic acid groups (broad SMARTS) is 1. The van der Waals surface area contributed by atoms with E-state index >= 15 is 0 Å². The smallest absolute Gasteiger partial charge is 0.354 e. The number of rotatable bonds is 8. The second-order valence-electron chi connectivity index (χ2n) is 5.09. The van der Waals surface area contributed by atoms with Gasteiger partial charge in [-0.15, -0.1) is 0 Å². The zero-order chi connectivity index (χ0) is 15.1. The number of ether oxygens (including phenoxy) is 1. The molecular formula is C17H21NO3. The van der Waals surface area contributed by atoms with Crippen LogP contribution in [0.3, 0.4) is 0 Å². The lowest BCUT2D eigenvalue weighted by atomic mass is 10.1. The number of fused-ring (bicyclic) bond motifs is 1. The normalized spacial score (nSPS) is 10.7. The van der Waals surface area contributed by atoms with Gasteiger partial charge in [0.15, 0.2) is 5.69 Å². The van der Waals surface area contributed by atoms with Crippen molar-refractivity contribution in [3.63, 3.8) is 0 Å². The predicted octanol–water partition coefficient (Wildman–Crippen LogP) is 4.28. The van der Waals surface area contributed by atoms with Gasteiger partial charge in [-0.2, -0.15) is 0 Å². The van der Waals surface area contributed by atoms with Crippen LogP contribution in [-0.2, 0) is 0 Å². The van der Waals surface area contributed by atoms with Crippen LogP contribution >= 0.6 is 0 Å². The zero-order valence-electron chi connectivity index (χ0n) is 12.3. The molecule has 0 atom stereocenters. The molecule has 0 saturated carbocycles. The van der Waals surface area contributed by atoms with Gasteiger partial charge >= 0.3 is 5.97 Å². The molecule has 2 aromatic rings. The molecule has 0 aliphatic carbocycles. The Morgan fingerprint density at radius 2 is 1.95 bits per heavy atom. The molecule has 112 valence electrons. The van der Waals surface area contributed by atoms with E-state index < -0.39 is 5.97 Å². The maximum atomic E-state index is 11.1. The zero-order valence-corrected chi connectivity index (χ0v) is 12.3. The van der Waals surface area contributed by atoms with Crippen LogP contribution in [0.2, 0.25) is 0 Å². The van der Waals surface area contributed by atoms with Crippen LogP contribution in [0.15, 0.2) is 30.3 Å². The minimum Gasteiger partial charge on any atom is -0.493 e. The number of hydrogen-bond donors (Lipinski definition) is 1. The molecule has 0 unspecified atom stereocenters. The van der Waals surface area contributed by atoms with Crippen LogP contribution in [0.25, 0.3) is 10.9 Å². The summed E-state index contributed by atoms with van der Waals surface area (Å²) >= 11 is 0. The fourth-order valence-corrected chi connectivity index (χ4v) is 2.26. The van der Waals surface area contributed by atoms with Crippen molar-refractivity contribution in [2.24, 2.45) is 0 Å². The predicted molar refractivity (Wildman–Crippen MR) is 83.0 cm³/mol. The third kappa shape index (κ3) is 4.18. The number of carbonyl (C=O) groups is 1. The van der Waals surface area contributed by atoms with Crippen molar-refractivity contribution in [3.8, 4) is 5.75 Å². The summed E-state index contributed by atoms with van der Waals surface area (Å²) in [6, 6.07) is 8.96. The first-order valence-electron chi connectivity index (χ1n) is 7.48. The van der Waals surface area contributed by atoms with Crippen molar-refractivity contribution in [1.82, 2.24) is 4.98 Å². The second kappa shape index (κ2) is 7.62. The van der Waals surface area contributed by atoms with Crippen LogP contribution in [0.5, 0.6) is 5.75 Å². The summed E-state index contributed by atoms with van der Waals surface area (Å²) in [5.74, 6) is -0.429. The van der Waals surface area contributed by atoms with Gasteiger partial charge in [-0.25, -0.2) is 9.78 Å². The van der Waals surface area contributed by atoms with E-state index in [2.05, 4.69) is 11.9 Å². The average Bonchev–Trinajstić information content (AvgIpc) is 2.50. The lowest BCUT2D eigenvalue weighted by Gasteiger charge is -2.10. The van der Waals surface area contributed by atoms with Crippen molar-refractivity contribution in [2.75, 3.05) is 6.61 Å². The average molecular weight is 287 g/mol. The quantitative estimate of drug-likeness (QED) is 0.736. The van der Waals surface area contributed by atoms with Crippen molar-refractivity contribution in [2.45, 2.75) is 39.0 Å². The Bertz CT molecular complexity index is 610. The van der Waals surface area contributed by atoms with Gasteiger partial charge in [0.05, 0.1) is 12.1 Å². The first-order chi connectivity index (χ1) is 10.2. The van der Waals surface area contributed by atoms with Gasteiger partial charge in [0.2, 0.25) is 0 Å². The summed E-state index contributed by atoms with van der Waals surface area (Å²) in [5, 5.41) is 9.98. The molecule has 0 spiro atoms. The number of para-hydroxylation sites is 1. The van der Waals surface area contributed by atoms with E-state index in [1.54, 1.807) is 6.07 Å². The Hall–Kier alpha value is -2.10. The molecule has 0 bridgehead atoms. The Labute approximate surface area is 124 Å². The van der Waals surface area contributed by atoms with Gasteiger partial charge in [0.25, 0.3) is 0 Å². The highest BCUT2D eigenvalue weighted by Gasteiger charge is 2.11. The molecule has 0 amide bonds. The molecule has 0 aliphatic heterocycles. The van der Waals surface area contributed by atoms with Gasteiger partial charge in [-0.1, -0.05) is 44.7 Å². The SMILES string of the molecule is CCCCCCCOc1cc(C(=O)O)nc2ccccc12. The molecule has 0 fully saturated rings. The van der Waals surface area contributed by atoms with Gasteiger partial charge in [-0.3, -0.25) is 0 Å². The molecule has 0 saturated heterocycles. The van der Waals surface area contributed by atoms with E-state index in [4.69, 9.17) is 9.84 Å². The van der Waals surface area contributed by atoms with E-state index in [-0.39, 0.29) is 5.69 Å². The minimum absolute atomic E-state index is 0.0229. The molecule has 4 nitrogen and oxygen atoms in total. The second-order valence-corrected chi connectivity index (χ2v) is 5.09. The van der Waals surface area contributed by atoms with Gasteiger partial charge in [-0.05, 0) is 18.6 Å². The Kier molecular flexibility index (Phi) is 5.55. The first kappa shape index (κ1) is 15.3. The first-order valence-corrected chi connectivity index (χ1v) is 7.48. The van der Waals surface area contributed by atoms with Gasteiger partial charge in [0.1, 0.15) is 5.75 Å². The number of hydrogen-bond acceptors (Lipinski definition) is 3. The fraction of sp³-hybridized carbons (Fsp3) is 0.412. The Morgan fingerprint density at radius 1 is 1.19 bits per heavy atom. The molecule has 0 radical (unpaired) electrons. The summed E-state index contributed by atoms with van der Waals surface area (Å²) in [6.45, 7) is 2.80. The third-order valence-electron chi connectivity index (χ3n) is 3.40. The lowest BCUT2D eigenvalue weighted by Crippen LogP contribution is -2.04. The topological polar surface area (TPSA) is 59.4 Å².